The first-order valence-electron chi connectivity index (χ1n) is 10.0. The Kier molecular flexibility index (Phi) is 4.36. The fraction of sp³-hybridized carbons (Fsp3) is 0.273. The Bertz CT molecular complexity index is 1350. The monoisotopic (exact) mass is 402 g/mol. The van der Waals surface area contributed by atoms with Gasteiger partial charge >= 0.3 is 0 Å². The fourth-order valence-corrected chi connectivity index (χ4v) is 4.21. The molecule has 1 aromatic carbocycles. The molecule has 30 heavy (non-hydrogen) atoms. The summed E-state index contributed by atoms with van der Waals surface area (Å²) in [6.07, 6.45) is 5.54. The number of primary amides is 1. The average molecular weight is 402 g/mol. The first-order valence-corrected chi connectivity index (χ1v) is 10.0. The molecule has 0 spiro atoms. The van der Waals surface area contributed by atoms with Crippen molar-refractivity contribution in [3.63, 3.8) is 0 Å². The van der Waals surface area contributed by atoms with Gasteiger partial charge in [-0.3, -0.25) is 9.59 Å². The molecule has 0 radical (unpaired) electrons. The van der Waals surface area contributed by atoms with Crippen LogP contribution in [0.25, 0.3) is 27.7 Å². The third-order valence-corrected chi connectivity index (χ3v) is 5.74. The summed E-state index contributed by atoms with van der Waals surface area (Å²) in [6, 6.07) is 9.47. The van der Waals surface area contributed by atoms with Gasteiger partial charge in [0.2, 0.25) is 0 Å². The van der Waals surface area contributed by atoms with Gasteiger partial charge in [-0.1, -0.05) is 6.07 Å². The fourth-order valence-electron chi connectivity index (χ4n) is 4.21. The summed E-state index contributed by atoms with van der Waals surface area (Å²) in [7, 11) is 0. The quantitative estimate of drug-likeness (QED) is 0.545. The summed E-state index contributed by atoms with van der Waals surface area (Å²) in [5.41, 5.74) is 8.49. The first-order chi connectivity index (χ1) is 14.5. The molecule has 5 rings (SSSR count). The number of rotatable bonds is 3. The summed E-state index contributed by atoms with van der Waals surface area (Å²) in [4.78, 5) is 29.3. The maximum Gasteiger partial charge on any atom is 0.258 e. The minimum Gasteiger partial charge on any atom is -0.365 e. The van der Waals surface area contributed by atoms with E-state index < -0.39 is 5.91 Å². The zero-order valence-electron chi connectivity index (χ0n) is 16.6. The third kappa shape index (κ3) is 3.05. The van der Waals surface area contributed by atoms with Crippen LogP contribution in [0.2, 0.25) is 0 Å². The average Bonchev–Trinajstić information content (AvgIpc) is 3.13. The van der Waals surface area contributed by atoms with Crippen LogP contribution in [0, 0.1) is 6.92 Å². The lowest BCUT2D eigenvalue weighted by atomic mass is 10.0. The summed E-state index contributed by atoms with van der Waals surface area (Å²) in [6.45, 7) is 3.69. The molecule has 0 atom stereocenters. The molecule has 0 aliphatic carbocycles. The van der Waals surface area contributed by atoms with Crippen molar-refractivity contribution in [2.45, 2.75) is 25.8 Å². The minimum absolute atomic E-state index is 0.0254. The lowest BCUT2D eigenvalue weighted by molar-refractivity contribution is 0.100. The van der Waals surface area contributed by atoms with Crippen LogP contribution in [0.3, 0.4) is 0 Å². The van der Waals surface area contributed by atoms with E-state index in [1.54, 1.807) is 16.8 Å². The van der Waals surface area contributed by atoms with Crippen molar-refractivity contribution in [3.05, 3.63) is 64.3 Å². The molecule has 0 saturated carbocycles. The van der Waals surface area contributed by atoms with E-state index in [2.05, 4.69) is 15.4 Å². The molecule has 3 N–H and O–H groups in total. The molecule has 1 aliphatic rings. The second kappa shape index (κ2) is 7.07. The van der Waals surface area contributed by atoms with E-state index in [0.29, 0.717) is 22.3 Å². The Morgan fingerprint density at radius 2 is 2.00 bits per heavy atom. The van der Waals surface area contributed by atoms with Crippen LogP contribution in [-0.4, -0.2) is 38.2 Å². The predicted octanol–water partition coefficient (Wildman–Crippen LogP) is 2.04. The van der Waals surface area contributed by atoms with Gasteiger partial charge in [-0.2, -0.15) is 5.10 Å². The van der Waals surface area contributed by atoms with Crippen LogP contribution in [0.15, 0.2) is 47.5 Å². The largest absolute Gasteiger partial charge is 0.365 e. The van der Waals surface area contributed by atoms with Crippen LogP contribution in [0.4, 0.5) is 0 Å². The number of nitrogens with zero attached hydrogens (tertiary/aromatic N) is 4. The van der Waals surface area contributed by atoms with Gasteiger partial charge in [0.15, 0.2) is 5.65 Å². The van der Waals surface area contributed by atoms with E-state index in [1.165, 1.54) is 0 Å². The predicted molar refractivity (Wildman–Crippen MR) is 115 cm³/mol. The number of piperidine rings is 1. The molecular formula is C22H22N6O2. The molecule has 1 amide bonds. The number of amides is 1. The highest BCUT2D eigenvalue weighted by Crippen LogP contribution is 2.25. The number of aryl methyl sites for hydroxylation is 1. The highest BCUT2D eigenvalue weighted by Gasteiger charge is 2.18. The standard InChI is InChI=1S/C22H22N6O2/c1-13-12-28-21(25-13)18(20(23)29)11-19(26-28)15-2-3-17-14(10-15)6-9-27(22(17)30)16-4-7-24-8-5-16/h2-3,6,9-12,16,24H,4-5,7-8H2,1H3,(H2,23,29). The molecule has 1 aliphatic heterocycles. The maximum atomic E-state index is 13.0. The number of nitrogens with two attached hydrogens (primary N) is 1. The van der Waals surface area contributed by atoms with Crippen molar-refractivity contribution >= 4 is 22.3 Å². The van der Waals surface area contributed by atoms with Gasteiger partial charge < -0.3 is 15.6 Å². The van der Waals surface area contributed by atoms with E-state index in [9.17, 15) is 9.59 Å². The van der Waals surface area contributed by atoms with Gasteiger partial charge in [0.1, 0.15) is 0 Å². The zero-order chi connectivity index (χ0) is 20.8. The van der Waals surface area contributed by atoms with Crippen LogP contribution in [0.5, 0.6) is 0 Å². The van der Waals surface area contributed by atoms with E-state index in [1.807, 2.05) is 42.0 Å². The minimum atomic E-state index is -0.556. The number of imidazole rings is 1. The van der Waals surface area contributed by atoms with Crippen LogP contribution in [-0.2, 0) is 0 Å². The van der Waals surface area contributed by atoms with E-state index >= 15 is 0 Å². The van der Waals surface area contributed by atoms with Crippen molar-refractivity contribution in [2.75, 3.05) is 13.1 Å². The lowest BCUT2D eigenvalue weighted by Crippen LogP contribution is -2.34. The molecule has 8 nitrogen and oxygen atoms in total. The molecule has 152 valence electrons. The summed E-state index contributed by atoms with van der Waals surface area (Å²) >= 11 is 0. The molecule has 1 fully saturated rings. The van der Waals surface area contributed by atoms with Crippen molar-refractivity contribution in [3.8, 4) is 11.3 Å². The van der Waals surface area contributed by atoms with Gasteiger partial charge in [0, 0.05) is 23.2 Å². The molecule has 4 aromatic rings. The smallest absolute Gasteiger partial charge is 0.258 e. The Morgan fingerprint density at radius 1 is 1.20 bits per heavy atom. The summed E-state index contributed by atoms with van der Waals surface area (Å²) in [5.74, 6) is -0.556. The topological polar surface area (TPSA) is 107 Å². The number of hydrogen-bond acceptors (Lipinski definition) is 5. The maximum absolute atomic E-state index is 13.0. The van der Waals surface area contributed by atoms with E-state index in [0.717, 1.165) is 42.6 Å². The van der Waals surface area contributed by atoms with Crippen LogP contribution >= 0.6 is 0 Å². The molecular weight excluding hydrogens is 380 g/mol. The number of pyridine rings is 1. The number of aromatic nitrogens is 4. The van der Waals surface area contributed by atoms with Gasteiger partial charge in [0.25, 0.3) is 11.5 Å². The van der Waals surface area contributed by atoms with Crippen LogP contribution < -0.4 is 16.6 Å². The number of benzene rings is 1. The third-order valence-electron chi connectivity index (χ3n) is 5.74. The zero-order valence-corrected chi connectivity index (χ0v) is 16.6. The molecule has 1 saturated heterocycles. The second-order valence-electron chi connectivity index (χ2n) is 7.77. The second-order valence-corrected chi connectivity index (χ2v) is 7.77. The van der Waals surface area contributed by atoms with E-state index in [-0.39, 0.29) is 11.6 Å². The Labute approximate surface area is 172 Å². The number of nitrogens with one attached hydrogen (secondary N) is 1. The summed E-state index contributed by atoms with van der Waals surface area (Å²) < 4.78 is 3.43. The SMILES string of the molecule is Cc1cn2nc(-c3ccc4c(=O)n(C5CCNCC5)ccc4c3)cc(C(N)=O)c2n1. The highest BCUT2D eigenvalue weighted by molar-refractivity contribution is 5.99. The summed E-state index contributed by atoms with van der Waals surface area (Å²) in [5, 5.41) is 9.43. The lowest BCUT2D eigenvalue weighted by Gasteiger charge is -2.25. The molecule has 3 aromatic heterocycles. The van der Waals surface area contributed by atoms with Crippen LogP contribution in [0.1, 0.15) is 34.9 Å². The molecule has 0 unspecified atom stereocenters. The van der Waals surface area contributed by atoms with Gasteiger partial charge in [-0.25, -0.2) is 9.50 Å². The molecule has 8 heteroatoms. The van der Waals surface area contributed by atoms with Gasteiger partial charge in [-0.05, 0) is 62.5 Å². The Balaban J connectivity index is 1.62. The number of fused-ring (bicyclic) bond motifs is 2. The van der Waals surface area contributed by atoms with Gasteiger partial charge in [-0.15, -0.1) is 0 Å². The number of carbonyl (C=O) groups excluding carboxylic acids is 1. The van der Waals surface area contributed by atoms with Crippen molar-refractivity contribution in [1.82, 2.24) is 24.5 Å². The number of hydrogen-bond donors (Lipinski definition) is 2. The van der Waals surface area contributed by atoms with Gasteiger partial charge in [0.05, 0.1) is 23.1 Å². The van der Waals surface area contributed by atoms with Crippen molar-refractivity contribution in [2.24, 2.45) is 5.73 Å². The molecule has 0 bridgehead atoms. The Morgan fingerprint density at radius 3 is 2.77 bits per heavy atom. The number of carbonyl (C=O) groups is 1. The normalized spacial score (nSPS) is 15.1. The van der Waals surface area contributed by atoms with Crippen molar-refractivity contribution < 1.29 is 4.79 Å². The Hall–Kier alpha value is -3.52. The highest BCUT2D eigenvalue weighted by atomic mass is 16.1. The molecule has 4 heterocycles. The van der Waals surface area contributed by atoms with Crippen molar-refractivity contribution in [1.29, 1.82) is 0 Å². The first kappa shape index (κ1) is 18.5. The van der Waals surface area contributed by atoms with E-state index in [4.69, 9.17) is 5.73 Å².